The second-order valence-electron chi connectivity index (χ2n) is 7.06. The average Bonchev–Trinajstić information content (AvgIpc) is 2.99. The molecule has 3 rings (SSSR count). The Labute approximate surface area is 157 Å². The van der Waals surface area contributed by atoms with Crippen molar-refractivity contribution < 1.29 is 14.3 Å². The van der Waals surface area contributed by atoms with Crippen molar-refractivity contribution in [3.05, 3.63) is 54.1 Å². The molecular weight excluding hydrogens is 344 g/mol. The highest BCUT2D eigenvalue weighted by Crippen LogP contribution is 2.25. The molecule has 27 heavy (non-hydrogen) atoms. The molecule has 0 unspecified atom stereocenters. The van der Waals surface area contributed by atoms with Gasteiger partial charge in [-0.3, -0.25) is 10.7 Å². The highest BCUT2D eigenvalue weighted by atomic mass is 16.5. The number of anilines is 1. The Morgan fingerprint density at radius 3 is 2.41 bits per heavy atom. The third-order valence-electron chi connectivity index (χ3n) is 4.10. The van der Waals surface area contributed by atoms with Gasteiger partial charge in [-0.2, -0.15) is 0 Å². The van der Waals surface area contributed by atoms with Crippen LogP contribution in [0.5, 0.6) is 5.75 Å². The molecule has 1 heterocycles. The van der Waals surface area contributed by atoms with Crippen LogP contribution in [0.4, 0.5) is 10.7 Å². The number of imidazole rings is 1. The van der Waals surface area contributed by atoms with Crippen LogP contribution in [0.25, 0.3) is 11.0 Å². The van der Waals surface area contributed by atoms with E-state index in [0.29, 0.717) is 16.8 Å². The van der Waals surface area contributed by atoms with Crippen LogP contribution in [0.3, 0.4) is 0 Å². The van der Waals surface area contributed by atoms with Crippen LogP contribution in [-0.2, 0) is 10.2 Å². The quantitative estimate of drug-likeness (QED) is 0.520. The van der Waals surface area contributed by atoms with Gasteiger partial charge in [0.05, 0.1) is 18.1 Å². The van der Waals surface area contributed by atoms with Crippen LogP contribution in [0.1, 0.15) is 26.3 Å². The molecule has 140 valence electrons. The Hall–Kier alpha value is -3.35. The van der Waals surface area contributed by atoms with Crippen molar-refractivity contribution in [1.82, 2.24) is 9.55 Å². The molecule has 7 heteroatoms. The molecule has 0 aliphatic carbocycles. The first-order chi connectivity index (χ1) is 12.8. The molecule has 0 spiro atoms. The van der Waals surface area contributed by atoms with Gasteiger partial charge in [-0.1, -0.05) is 45.0 Å². The van der Waals surface area contributed by atoms with E-state index < -0.39 is 6.09 Å². The summed E-state index contributed by atoms with van der Waals surface area (Å²) in [4.78, 5) is 16.0. The lowest BCUT2D eigenvalue weighted by Crippen LogP contribution is -2.23. The normalized spacial score (nSPS) is 11.3. The van der Waals surface area contributed by atoms with E-state index in [1.54, 1.807) is 12.1 Å². The number of hydrogen-bond acceptors (Lipinski definition) is 5. The molecule has 1 amide bonds. The van der Waals surface area contributed by atoms with Gasteiger partial charge in [-0.15, -0.1) is 0 Å². The van der Waals surface area contributed by atoms with Crippen LogP contribution >= 0.6 is 0 Å². The zero-order chi connectivity index (χ0) is 19.6. The fraction of sp³-hybridized carbons (Fsp3) is 0.250. The summed E-state index contributed by atoms with van der Waals surface area (Å²) < 4.78 is 11.8. The topological polar surface area (TPSA) is 89.2 Å². The second kappa shape index (κ2) is 7.11. The van der Waals surface area contributed by atoms with Crippen LogP contribution in [0.15, 0.2) is 48.5 Å². The summed E-state index contributed by atoms with van der Waals surface area (Å²) >= 11 is 0. The monoisotopic (exact) mass is 366 g/mol. The SMILES string of the molecule is COC(=O)Nc1nc2ccccc2n1C(=N)Oc1ccc(C(C)(C)C)cc1. The van der Waals surface area contributed by atoms with Crippen LogP contribution < -0.4 is 10.1 Å². The molecule has 0 fully saturated rings. The van der Waals surface area contributed by atoms with Crippen molar-refractivity contribution in [1.29, 1.82) is 5.41 Å². The maximum Gasteiger partial charge on any atom is 0.413 e. The lowest BCUT2D eigenvalue weighted by Gasteiger charge is -2.19. The first-order valence-electron chi connectivity index (χ1n) is 8.49. The molecule has 0 saturated carbocycles. The Bertz CT molecular complexity index is 985. The Morgan fingerprint density at radius 2 is 1.78 bits per heavy atom. The standard InChI is InChI=1S/C20H22N4O3/c1-20(2,3)13-9-11-14(12-10-13)27-17(21)24-16-8-6-5-7-15(16)22-18(24)23-19(25)26-4/h5-12,21H,1-4H3,(H,22,23,25). The number of fused-ring (bicyclic) bond motifs is 1. The predicted octanol–water partition coefficient (Wildman–Crippen LogP) is 4.37. The van der Waals surface area contributed by atoms with E-state index in [1.807, 2.05) is 36.4 Å². The number of nitrogens with zero attached hydrogens (tertiary/aromatic N) is 2. The first kappa shape index (κ1) is 18.4. The zero-order valence-corrected chi connectivity index (χ0v) is 15.7. The summed E-state index contributed by atoms with van der Waals surface area (Å²) in [5, 5.41) is 10.9. The number of nitrogens with one attached hydrogen (secondary N) is 2. The Morgan fingerprint density at radius 1 is 1.11 bits per heavy atom. The molecule has 0 bridgehead atoms. The van der Waals surface area contributed by atoms with Gasteiger partial charge in [-0.05, 0) is 35.2 Å². The molecule has 0 aliphatic heterocycles. The lowest BCUT2D eigenvalue weighted by atomic mass is 9.87. The number of rotatable bonds is 2. The van der Waals surface area contributed by atoms with Gasteiger partial charge in [0.1, 0.15) is 5.75 Å². The summed E-state index contributed by atoms with van der Waals surface area (Å²) in [7, 11) is 1.26. The first-order valence-corrected chi connectivity index (χ1v) is 8.49. The van der Waals surface area contributed by atoms with Crippen molar-refractivity contribution >= 4 is 29.1 Å². The zero-order valence-electron chi connectivity index (χ0n) is 15.7. The van der Waals surface area contributed by atoms with Crippen molar-refractivity contribution in [2.75, 3.05) is 12.4 Å². The minimum Gasteiger partial charge on any atom is -0.453 e. The predicted molar refractivity (Wildman–Crippen MR) is 105 cm³/mol. The van der Waals surface area contributed by atoms with Crippen molar-refractivity contribution in [2.24, 2.45) is 0 Å². The molecule has 2 N–H and O–H groups in total. The van der Waals surface area contributed by atoms with Crippen molar-refractivity contribution in [3.8, 4) is 5.75 Å². The molecular formula is C20H22N4O3. The highest BCUT2D eigenvalue weighted by molar-refractivity contribution is 5.95. The van der Waals surface area contributed by atoms with E-state index in [4.69, 9.17) is 10.1 Å². The molecule has 2 aromatic carbocycles. The van der Waals surface area contributed by atoms with Gasteiger partial charge in [0.15, 0.2) is 0 Å². The maximum atomic E-state index is 11.6. The molecule has 0 saturated heterocycles. The van der Waals surface area contributed by atoms with E-state index >= 15 is 0 Å². The molecule has 7 nitrogen and oxygen atoms in total. The van der Waals surface area contributed by atoms with Gasteiger partial charge in [0.2, 0.25) is 5.95 Å². The number of para-hydroxylation sites is 2. The number of methoxy groups -OCH3 is 1. The third-order valence-corrected chi connectivity index (χ3v) is 4.10. The number of carbonyl (C=O) groups is 1. The number of amides is 1. The van der Waals surface area contributed by atoms with Gasteiger partial charge in [0.25, 0.3) is 0 Å². The van der Waals surface area contributed by atoms with Gasteiger partial charge >= 0.3 is 12.1 Å². The maximum absolute atomic E-state index is 11.6. The summed E-state index contributed by atoms with van der Waals surface area (Å²) in [6.45, 7) is 6.40. The second-order valence-corrected chi connectivity index (χ2v) is 7.06. The van der Waals surface area contributed by atoms with Crippen LogP contribution in [0, 0.1) is 5.41 Å². The fourth-order valence-corrected chi connectivity index (χ4v) is 2.64. The molecule has 0 radical (unpaired) electrons. The number of ether oxygens (including phenoxy) is 2. The minimum atomic E-state index is -0.672. The van der Waals surface area contributed by atoms with Gasteiger partial charge in [-0.25, -0.2) is 14.3 Å². The largest absolute Gasteiger partial charge is 0.453 e. The van der Waals surface area contributed by atoms with E-state index in [0.717, 1.165) is 0 Å². The smallest absolute Gasteiger partial charge is 0.413 e. The summed E-state index contributed by atoms with van der Waals surface area (Å²) in [6, 6.07) is 14.7. The summed E-state index contributed by atoms with van der Waals surface area (Å²) in [6.07, 6.45) is -0.672. The Kier molecular flexibility index (Phi) is 4.85. The number of hydrogen-bond donors (Lipinski definition) is 2. The summed E-state index contributed by atoms with van der Waals surface area (Å²) in [5.74, 6) is 0.675. The minimum absolute atomic E-state index is 0.0319. The molecule has 3 aromatic rings. The number of carbonyl (C=O) groups excluding carboxylic acids is 1. The molecule has 0 atom stereocenters. The molecule has 0 aliphatic rings. The van der Waals surface area contributed by atoms with E-state index in [9.17, 15) is 4.79 Å². The third kappa shape index (κ3) is 3.92. The van der Waals surface area contributed by atoms with E-state index in [-0.39, 0.29) is 17.4 Å². The van der Waals surface area contributed by atoms with Gasteiger partial charge in [0, 0.05) is 0 Å². The summed E-state index contributed by atoms with van der Waals surface area (Å²) in [5.41, 5.74) is 2.47. The molecule has 1 aromatic heterocycles. The van der Waals surface area contributed by atoms with Crippen molar-refractivity contribution in [3.63, 3.8) is 0 Å². The highest BCUT2D eigenvalue weighted by Gasteiger charge is 2.19. The van der Waals surface area contributed by atoms with Crippen LogP contribution in [0.2, 0.25) is 0 Å². The average molecular weight is 366 g/mol. The lowest BCUT2D eigenvalue weighted by molar-refractivity contribution is 0.186. The van der Waals surface area contributed by atoms with Gasteiger partial charge < -0.3 is 9.47 Å². The Balaban J connectivity index is 1.92. The van der Waals surface area contributed by atoms with Crippen LogP contribution in [-0.4, -0.2) is 28.8 Å². The number of aromatic nitrogens is 2. The van der Waals surface area contributed by atoms with Crippen molar-refractivity contribution in [2.45, 2.75) is 26.2 Å². The number of benzene rings is 2. The fourth-order valence-electron chi connectivity index (χ4n) is 2.64. The van der Waals surface area contributed by atoms with E-state index in [1.165, 1.54) is 17.2 Å². The van der Waals surface area contributed by atoms with E-state index in [2.05, 4.69) is 35.8 Å².